The predicted molar refractivity (Wildman–Crippen MR) is 86.5 cm³/mol. The summed E-state index contributed by atoms with van der Waals surface area (Å²) < 4.78 is 7.31. The number of hydrogen-bond donors (Lipinski definition) is 4. The molecule has 4 atom stereocenters. The zero-order chi connectivity index (χ0) is 16.7. The van der Waals surface area contributed by atoms with Crippen LogP contribution in [0.3, 0.4) is 0 Å². The van der Waals surface area contributed by atoms with E-state index < -0.39 is 24.5 Å². The van der Waals surface area contributed by atoms with Crippen LogP contribution in [0.15, 0.2) is 18.2 Å². The molecule has 7 nitrogen and oxygen atoms in total. The number of nitrogens with zero attached hydrogens (tertiary/aromatic N) is 2. The molecule has 1 aliphatic heterocycles. The van der Waals surface area contributed by atoms with Crippen molar-refractivity contribution in [1.29, 1.82) is 0 Å². The smallest absolute Gasteiger partial charge is 0.206 e. The molecule has 3 rings (SSSR count). The Balaban J connectivity index is 2.13. The van der Waals surface area contributed by atoms with Gasteiger partial charge in [0.25, 0.3) is 0 Å². The van der Waals surface area contributed by atoms with E-state index in [0.717, 1.165) is 0 Å². The van der Waals surface area contributed by atoms with E-state index in [-0.39, 0.29) is 12.6 Å². The molecule has 126 valence electrons. The van der Waals surface area contributed by atoms with Gasteiger partial charge in [-0.2, -0.15) is 0 Å². The van der Waals surface area contributed by atoms with E-state index in [9.17, 15) is 15.3 Å². The number of rotatable bonds is 4. The third-order valence-electron chi connectivity index (χ3n) is 3.86. The molecule has 0 amide bonds. The maximum absolute atomic E-state index is 10.3. The minimum absolute atomic E-state index is 0.0986. The zero-order valence-corrected chi connectivity index (χ0v) is 13.6. The molecule has 0 saturated carbocycles. The van der Waals surface area contributed by atoms with Crippen LogP contribution in [0.4, 0.5) is 5.95 Å². The predicted octanol–water partition coefficient (Wildman–Crippen LogP) is 1.12. The number of hydrogen-bond acceptors (Lipinski definition) is 6. The second-order valence-corrected chi connectivity index (χ2v) is 6.35. The Morgan fingerprint density at radius 2 is 2.09 bits per heavy atom. The van der Waals surface area contributed by atoms with E-state index in [2.05, 4.69) is 10.3 Å². The lowest BCUT2D eigenvalue weighted by Crippen LogP contribution is -2.33. The van der Waals surface area contributed by atoms with Gasteiger partial charge in [0.05, 0.1) is 17.1 Å². The van der Waals surface area contributed by atoms with E-state index in [1.54, 1.807) is 16.7 Å². The molecular weight excluding hydrogens is 322 g/mol. The Bertz CT molecular complexity index is 705. The number of benzene rings is 1. The number of para-hydroxylation sites is 1. The van der Waals surface area contributed by atoms with Gasteiger partial charge < -0.3 is 25.4 Å². The van der Waals surface area contributed by atoms with Crippen molar-refractivity contribution in [3.8, 4) is 0 Å². The molecule has 1 aliphatic rings. The standard InChI is InChI=1S/C15H20ClN3O4/c1-7(2)17-15-18-11-8(16)4-3-5-9(11)19(15)14-13(22)12(21)10(6-20)23-14/h3-5,7,10,12-14,20-22H,6H2,1-2H3,(H,17,18)/t10-,12-,13-,14+/m0/s1. The second kappa shape index (κ2) is 6.26. The number of ether oxygens (including phenoxy) is 1. The molecule has 0 aliphatic carbocycles. The minimum Gasteiger partial charge on any atom is -0.394 e. The first-order valence-corrected chi connectivity index (χ1v) is 7.87. The van der Waals surface area contributed by atoms with Crippen molar-refractivity contribution in [3.63, 3.8) is 0 Å². The molecule has 0 bridgehead atoms. The fourth-order valence-corrected chi connectivity index (χ4v) is 3.01. The van der Waals surface area contributed by atoms with Gasteiger partial charge in [0.15, 0.2) is 6.23 Å². The Morgan fingerprint density at radius 1 is 1.35 bits per heavy atom. The minimum atomic E-state index is -1.18. The van der Waals surface area contributed by atoms with Crippen LogP contribution in [0.1, 0.15) is 20.1 Å². The lowest BCUT2D eigenvalue weighted by Gasteiger charge is -2.21. The van der Waals surface area contributed by atoms with Gasteiger partial charge in [-0.05, 0) is 26.0 Å². The second-order valence-electron chi connectivity index (χ2n) is 5.94. The van der Waals surface area contributed by atoms with Gasteiger partial charge in [-0.15, -0.1) is 0 Å². The van der Waals surface area contributed by atoms with E-state index >= 15 is 0 Å². The third-order valence-corrected chi connectivity index (χ3v) is 4.17. The van der Waals surface area contributed by atoms with Gasteiger partial charge in [-0.3, -0.25) is 4.57 Å². The number of aliphatic hydroxyl groups is 3. The highest BCUT2D eigenvalue weighted by Crippen LogP contribution is 2.36. The normalized spacial score (nSPS) is 28.0. The van der Waals surface area contributed by atoms with Crippen molar-refractivity contribution in [2.45, 2.75) is 44.4 Å². The summed E-state index contributed by atoms with van der Waals surface area (Å²) in [5.74, 6) is 0.484. The summed E-state index contributed by atoms with van der Waals surface area (Å²) in [5, 5.41) is 33.3. The molecule has 23 heavy (non-hydrogen) atoms. The molecule has 2 heterocycles. The summed E-state index contributed by atoms with van der Waals surface area (Å²) >= 11 is 6.21. The van der Waals surface area contributed by atoms with Crippen LogP contribution in [0.25, 0.3) is 11.0 Å². The highest BCUT2D eigenvalue weighted by Gasteiger charge is 2.44. The Hall–Kier alpha value is -1.38. The maximum Gasteiger partial charge on any atom is 0.206 e. The number of aliphatic hydroxyl groups excluding tert-OH is 3. The topological polar surface area (TPSA) is 99.8 Å². The van der Waals surface area contributed by atoms with Gasteiger partial charge in [0.2, 0.25) is 5.95 Å². The average Bonchev–Trinajstić information content (AvgIpc) is 2.98. The lowest BCUT2D eigenvalue weighted by molar-refractivity contribution is -0.0499. The number of aromatic nitrogens is 2. The lowest BCUT2D eigenvalue weighted by atomic mass is 10.1. The Kier molecular flexibility index (Phi) is 4.48. The van der Waals surface area contributed by atoms with Crippen LogP contribution in [-0.2, 0) is 4.74 Å². The SMILES string of the molecule is CC(C)Nc1nc2c(Cl)cccc2n1[C@@H]1O[C@@H](CO)[C@H](O)[C@@H]1O. The van der Waals surface area contributed by atoms with Crippen molar-refractivity contribution in [1.82, 2.24) is 9.55 Å². The van der Waals surface area contributed by atoms with Crippen molar-refractivity contribution < 1.29 is 20.1 Å². The molecule has 4 N–H and O–H groups in total. The summed E-state index contributed by atoms with van der Waals surface area (Å²) in [4.78, 5) is 4.49. The fraction of sp³-hybridized carbons (Fsp3) is 0.533. The van der Waals surface area contributed by atoms with Crippen LogP contribution in [0.5, 0.6) is 0 Å². The summed E-state index contributed by atoms with van der Waals surface area (Å²) in [6, 6.07) is 5.43. The van der Waals surface area contributed by atoms with Crippen LogP contribution in [-0.4, -0.2) is 55.8 Å². The fourth-order valence-electron chi connectivity index (χ4n) is 2.79. The number of anilines is 1. The van der Waals surface area contributed by atoms with E-state index in [0.29, 0.717) is 22.0 Å². The Morgan fingerprint density at radius 3 is 2.70 bits per heavy atom. The van der Waals surface area contributed by atoms with Gasteiger partial charge in [0, 0.05) is 6.04 Å². The highest BCUT2D eigenvalue weighted by atomic mass is 35.5. The van der Waals surface area contributed by atoms with E-state index in [4.69, 9.17) is 16.3 Å². The summed E-state index contributed by atoms with van der Waals surface area (Å²) in [7, 11) is 0. The number of fused-ring (bicyclic) bond motifs is 1. The molecule has 2 aromatic rings. The van der Waals surface area contributed by atoms with Crippen molar-refractivity contribution in [2.24, 2.45) is 0 Å². The van der Waals surface area contributed by atoms with Crippen LogP contribution in [0, 0.1) is 0 Å². The van der Waals surface area contributed by atoms with E-state index in [1.165, 1.54) is 0 Å². The number of halogens is 1. The van der Waals surface area contributed by atoms with E-state index in [1.807, 2.05) is 19.9 Å². The number of imidazole rings is 1. The quantitative estimate of drug-likeness (QED) is 0.665. The summed E-state index contributed by atoms with van der Waals surface area (Å²) in [6.07, 6.45) is -4.07. The van der Waals surface area contributed by atoms with Crippen molar-refractivity contribution >= 4 is 28.6 Å². The van der Waals surface area contributed by atoms with Gasteiger partial charge in [-0.1, -0.05) is 17.7 Å². The van der Waals surface area contributed by atoms with Crippen LogP contribution in [0.2, 0.25) is 5.02 Å². The summed E-state index contributed by atoms with van der Waals surface area (Å²) in [6.45, 7) is 3.54. The molecule has 1 saturated heterocycles. The van der Waals surface area contributed by atoms with Gasteiger partial charge in [-0.25, -0.2) is 4.98 Å². The molecule has 0 unspecified atom stereocenters. The molecule has 1 aromatic heterocycles. The first kappa shape index (κ1) is 16.5. The highest BCUT2D eigenvalue weighted by molar-refractivity contribution is 6.35. The maximum atomic E-state index is 10.3. The van der Waals surface area contributed by atoms with Crippen molar-refractivity contribution in [2.75, 3.05) is 11.9 Å². The first-order chi connectivity index (χ1) is 10.9. The van der Waals surface area contributed by atoms with Gasteiger partial charge >= 0.3 is 0 Å². The van der Waals surface area contributed by atoms with Gasteiger partial charge in [0.1, 0.15) is 23.8 Å². The van der Waals surface area contributed by atoms with Crippen LogP contribution < -0.4 is 5.32 Å². The molecule has 8 heteroatoms. The van der Waals surface area contributed by atoms with Crippen LogP contribution >= 0.6 is 11.6 Å². The molecule has 1 aromatic carbocycles. The first-order valence-electron chi connectivity index (χ1n) is 7.49. The zero-order valence-electron chi connectivity index (χ0n) is 12.8. The number of nitrogens with one attached hydrogen (secondary N) is 1. The molecule has 0 spiro atoms. The Labute approximate surface area is 138 Å². The average molecular weight is 342 g/mol. The summed E-state index contributed by atoms with van der Waals surface area (Å²) in [5.41, 5.74) is 1.26. The monoisotopic (exact) mass is 341 g/mol. The molecule has 0 radical (unpaired) electrons. The molecule has 1 fully saturated rings. The third kappa shape index (κ3) is 2.79. The molecular formula is C15H20ClN3O4. The van der Waals surface area contributed by atoms with Crippen molar-refractivity contribution in [3.05, 3.63) is 23.2 Å². The largest absolute Gasteiger partial charge is 0.394 e.